The van der Waals surface area contributed by atoms with Gasteiger partial charge in [0.15, 0.2) is 0 Å². The van der Waals surface area contributed by atoms with E-state index in [1.165, 1.54) is 17.9 Å². The minimum Gasteiger partial charge on any atom is -0.369 e. The first-order valence-electron chi connectivity index (χ1n) is 7.65. The molecular weight excluding hydrogens is 296 g/mol. The van der Waals surface area contributed by atoms with Gasteiger partial charge in [-0.1, -0.05) is 5.73 Å². The molecule has 0 atom stereocenters. The van der Waals surface area contributed by atoms with Gasteiger partial charge in [0, 0.05) is 34.1 Å². The molecule has 2 rings (SSSR count). The van der Waals surface area contributed by atoms with E-state index in [-0.39, 0.29) is 17.2 Å². The third-order valence-electron chi connectivity index (χ3n) is 3.85. The molecule has 1 aliphatic heterocycles. The average molecular weight is 318 g/mol. The molecule has 1 N–H and O–H groups in total. The minimum atomic E-state index is -0.531. The molecule has 1 aliphatic rings. The number of nitrogens with one attached hydrogen (secondary N) is 1. The Morgan fingerprint density at radius 2 is 2.09 bits per heavy atom. The zero-order valence-corrected chi connectivity index (χ0v) is 14.0. The lowest BCUT2D eigenvalue weighted by atomic mass is 10.2. The van der Waals surface area contributed by atoms with Gasteiger partial charge in [-0.3, -0.25) is 19.5 Å². The van der Waals surface area contributed by atoms with Crippen molar-refractivity contribution in [3.05, 3.63) is 33.0 Å². The third kappa shape index (κ3) is 3.29. The number of likely N-dealkylation sites (tertiary alicyclic amines) is 1. The Labute approximate surface area is 134 Å². The van der Waals surface area contributed by atoms with Crippen molar-refractivity contribution in [2.75, 3.05) is 27.2 Å². The van der Waals surface area contributed by atoms with Gasteiger partial charge in [-0.25, -0.2) is 0 Å². The summed E-state index contributed by atoms with van der Waals surface area (Å²) in [5, 5.41) is 2.60. The van der Waals surface area contributed by atoms with Gasteiger partial charge < -0.3 is 9.80 Å². The summed E-state index contributed by atoms with van der Waals surface area (Å²) < 4.78 is 0.848. The lowest BCUT2D eigenvalue weighted by molar-refractivity contribution is 0.0820. The number of allylic oxidation sites excluding steroid dienone is 1. The van der Waals surface area contributed by atoms with Gasteiger partial charge in [0.1, 0.15) is 5.69 Å². The zero-order valence-electron chi connectivity index (χ0n) is 14.0. The summed E-state index contributed by atoms with van der Waals surface area (Å²) in [5.41, 5.74) is 3.88. The highest BCUT2D eigenvalue weighted by molar-refractivity contribution is 5.96. The number of aromatic amines is 1. The van der Waals surface area contributed by atoms with Crippen LogP contribution in [0.25, 0.3) is 6.08 Å². The molecule has 0 saturated carbocycles. The van der Waals surface area contributed by atoms with E-state index in [1.54, 1.807) is 14.1 Å². The zero-order chi connectivity index (χ0) is 17.1. The molecule has 1 amide bonds. The third-order valence-corrected chi connectivity index (χ3v) is 3.85. The van der Waals surface area contributed by atoms with Crippen molar-refractivity contribution in [3.63, 3.8) is 0 Å². The van der Waals surface area contributed by atoms with Crippen molar-refractivity contribution in [3.8, 4) is 0 Å². The van der Waals surface area contributed by atoms with Crippen molar-refractivity contribution >= 4 is 17.9 Å². The molecule has 7 heteroatoms. The molecule has 0 radical (unpaired) electrons. The van der Waals surface area contributed by atoms with Gasteiger partial charge in [0.05, 0.1) is 11.3 Å². The number of hydrogen-bond acceptors (Lipinski definition) is 4. The van der Waals surface area contributed by atoms with Crippen LogP contribution in [0.5, 0.6) is 0 Å². The normalized spacial score (nSPS) is 13.9. The van der Waals surface area contributed by atoms with Gasteiger partial charge in [-0.2, -0.15) is 4.68 Å². The van der Waals surface area contributed by atoms with Crippen molar-refractivity contribution in [2.45, 2.75) is 26.7 Å². The van der Waals surface area contributed by atoms with Crippen LogP contribution in [0.4, 0.5) is 0 Å². The Balaban J connectivity index is 2.57. The van der Waals surface area contributed by atoms with E-state index in [9.17, 15) is 14.4 Å². The van der Waals surface area contributed by atoms with Crippen LogP contribution in [0.15, 0.2) is 16.2 Å². The van der Waals surface area contributed by atoms with Crippen molar-refractivity contribution in [1.29, 1.82) is 0 Å². The predicted molar refractivity (Wildman–Crippen MR) is 87.3 cm³/mol. The molecule has 0 aliphatic carbocycles. The number of amides is 1. The second-order valence-electron chi connectivity index (χ2n) is 5.68. The highest BCUT2D eigenvalue weighted by atomic mass is 16.2. The quantitative estimate of drug-likeness (QED) is 0.848. The minimum absolute atomic E-state index is 0.101. The highest BCUT2D eigenvalue weighted by Crippen LogP contribution is 2.19. The van der Waals surface area contributed by atoms with Gasteiger partial charge in [0.2, 0.25) is 5.91 Å². The van der Waals surface area contributed by atoms with E-state index in [1.807, 2.05) is 0 Å². The maximum absolute atomic E-state index is 12.4. The van der Waals surface area contributed by atoms with E-state index in [0.29, 0.717) is 0 Å². The molecule has 1 saturated heterocycles. The van der Waals surface area contributed by atoms with Crippen LogP contribution in [-0.4, -0.2) is 58.6 Å². The highest BCUT2D eigenvalue weighted by Gasteiger charge is 2.21. The Bertz CT molecular complexity index is 748. The lowest BCUT2D eigenvalue weighted by Gasteiger charge is -2.14. The molecule has 0 unspecified atom stereocenters. The fourth-order valence-corrected chi connectivity index (χ4v) is 2.59. The van der Waals surface area contributed by atoms with Gasteiger partial charge in [-0.15, -0.1) is 0 Å². The summed E-state index contributed by atoms with van der Waals surface area (Å²) in [6.45, 7) is 5.18. The summed E-state index contributed by atoms with van der Waals surface area (Å²) in [6.07, 6.45) is 3.46. The Morgan fingerprint density at radius 3 is 2.65 bits per heavy atom. The molecule has 23 heavy (non-hydrogen) atoms. The number of aromatic nitrogens is 2. The maximum Gasteiger partial charge on any atom is 0.282 e. The van der Waals surface area contributed by atoms with Gasteiger partial charge in [0.25, 0.3) is 11.5 Å². The summed E-state index contributed by atoms with van der Waals surface area (Å²) in [6, 6.07) is 0. The standard InChI is InChI=1S/C16H22N4O3/c1-5-19-10-6-7-12(19)8-9-13-14(16(23)18(3)4)17-20(11(2)21)15(13)22/h9,17H,5-7,10H2,1-4H3. The van der Waals surface area contributed by atoms with Gasteiger partial charge in [-0.05, 0) is 25.8 Å². The average Bonchev–Trinajstić information content (AvgIpc) is 3.08. The van der Waals surface area contributed by atoms with Gasteiger partial charge >= 0.3 is 0 Å². The van der Waals surface area contributed by atoms with E-state index in [2.05, 4.69) is 22.7 Å². The van der Waals surface area contributed by atoms with E-state index in [4.69, 9.17) is 0 Å². The summed E-state index contributed by atoms with van der Waals surface area (Å²) in [7, 11) is 3.18. The SMILES string of the molecule is CCN1CCCC1=C=Cc1c(C(=O)N(C)C)[nH]n(C(C)=O)c1=O. The number of carbonyl (C=O) groups excluding carboxylic acids is 2. The maximum atomic E-state index is 12.4. The van der Waals surface area contributed by atoms with E-state index < -0.39 is 11.5 Å². The lowest BCUT2D eigenvalue weighted by Crippen LogP contribution is -2.23. The van der Waals surface area contributed by atoms with Crippen LogP contribution in [0, 0.1) is 0 Å². The van der Waals surface area contributed by atoms with Crippen molar-refractivity contribution < 1.29 is 9.59 Å². The predicted octanol–water partition coefficient (Wildman–Crippen LogP) is 1.15. The van der Waals surface area contributed by atoms with E-state index >= 15 is 0 Å². The molecule has 7 nitrogen and oxygen atoms in total. The smallest absolute Gasteiger partial charge is 0.282 e. The molecule has 124 valence electrons. The van der Waals surface area contributed by atoms with Crippen LogP contribution in [0.3, 0.4) is 0 Å². The molecule has 1 aromatic heterocycles. The molecular formula is C16H22N4O3. The first kappa shape index (κ1) is 16.8. The van der Waals surface area contributed by atoms with Crippen LogP contribution >= 0.6 is 0 Å². The summed E-state index contributed by atoms with van der Waals surface area (Å²) >= 11 is 0. The largest absolute Gasteiger partial charge is 0.369 e. The first-order chi connectivity index (χ1) is 10.9. The Hall–Kier alpha value is -2.53. The van der Waals surface area contributed by atoms with Crippen molar-refractivity contribution in [2.24, 2.45) is 0 Å². The number of carbonyl (C=O) groups is 2. The Morgan fingerprint density at radius 1 is 1.39 bits per heavy atom. The molecule has 0 aromatic carbocycles. The van der Waals surface area contributed by atoms with Crippen LogP contribution < -0.4 is 5.56 Å². The molecule has 1 fully saturated rings. The monoisotopic (exact) mass is 318 g/mol. The topological polar surface area (TPSA) is 78.4 Å². The fourth-order valence-electron chi connectivity index (χ4n) is 2.59. The molecule has 0 bridgehead atoms. The first-order valence-corrected chi connectivity index (χ1v) is 7.65. The van der Waals surface area contributed by atoms with Crippen LogP contribution in [0.2, 0.25) is 0 Å². The Kier molecular flexibility index (Phi) is 4.91. The molecule has 0 spiro atoms. The van der Waals surface area contributed by atoms with Crippen molar-refractivity contribution in [1.82, 2.24) is 19.6 Å². The number of hydrogen-bond donors (Lipinski definition) is 1. The molecule has 1 aromatic rings. The summed E-state index contributed by atoms with van der Waals surface area (Å²) in [5.74, 6) is -0.829. The fraction of sp³-hybridized carbons (Fsp3) is 0.500. The van der Waals surface area contributed by atoms with E-state index in [0.717, 1.165) is 36.3 Å². The van der Waals surface area contributed by atoms with Crippen LogP contribution in [-0.2, 0) is 0 Å². The molecule has 2 heterocycles. The second-order valence-corrected chi connectivity index (χ2v) is 5.68. The number of nitrogens with zero attached hydrogens (tertiary/aromatic N) is 3. The number of rotatable bonds is 3. The van der Waals surface area contributed by atoms with Crippen LogP contribution in [0.1, 0.15) is 47.5 Å². The summed E-state index contributed by atoms with van der Waals surface area (Å²) in [4.78, 5) is 39.7. The number of H-pyrrole nitrogens is 1. The second kappa shape index (κ2) is 6.71.